The second-order valence-corrected chi connectivity index (χ2v) is 7.11. The Hall–Kier alpha value is -2.88. The van der Waals surface area contributed by atoms with Crippen LogP contribution in [0.3, 0.4) is 0 Å². The molecule has 28 heavy (non-hydrogen) atoms. The van der Waals surface area contributed by atoms with Gasteiger partial charge in [0.25, 0.3) is 0 Å². The van der Waals surface area contributed by atoms with E-state index in [1.54, 1.807) is 6.20 Å². The highest BCUT2D eigenvalue weighted by Crippen LogP contribution is 2.26. The minimum absolute atomic E-state index is 0.0744. The van der Waals surface area contributed by atoms with Crippen molar-refractivity contribution < 1.29 is 4.74 Å². The minimum atomic E-state index is -0.0744. The van der Waals surface area contributed by atoms with Crippen molar-refractivity contribution in [2.24, 2.45) is 0 Å². The number of benzene rings is 3. The van der Waals surface area contributed by atoms with Gasteiger partial charge < -0.3 is 9.30 Å². The highest BCUT2D eigenvalue weighted by molar-refractivity contribution is 6.30. The summed E-state index contributed by atoms with van der Waals surface area (Å²) in [5.41, 5.74) is 4.65. The van der Waals surface area contributed by atoms with E-state index in [4.69, 9.17) is 16.3 Å². The third-order valence-corrected chi connectivity index (χ3v) is 4.94. The van der Waals surface area contributed by atoms with Crippen LogP contribution in [0.15, 0.2) is 97.6 Å². The van der Waals surface area contributed by atoms with Gasteiger partial charge in [0.1, 0.15) is 6.10 Å². The maximum Gasteiger partial charge on any atom is 0.101 e. The van der Waals surface area contributed by atoms with Gasteiger partial charge in [0.05, 0.1) is 19.5 Å². The van der Waals surface area contributed by atoms with E-state index in [1.807, 2.05) is 47.4 Å². The fraction of sp³-hybridized carbons (Fsp3) is 0.125. The zero-order chi connectivity index (χ0) is 19.2. The molecule has 4 rings (SSSR count). The van der Waals surface area contributed by atoms with Crippen molar-refractivity contribution in [3.63, 3.8) is 0 Å². The Morgan fingerprint density at radius 3 is 2.25 bits per heavy atom. The van der Waals surface area contributed by atoms with Crippen LogP contribution < -0.4 is 0 Å². The lowest BCUT2D eigenvalue weighted by Gasteiger charge is -2.19. The maximum absolute atomic E-state index is 6.28. The van der Waals surface area contributed by atoms with Crippen LogP contribution in [0.25, 0.3) is 11.1 Å². The largest absolute Gasteiger partial charge is 0.367 e. The third-order valence-electron chi connectivity index (χ3n) is 4.69. The zero-order valence-electron chi connectivity index (χ0n) is 15.4. The molecule has 4 aromatic rings. The fourth-order valence-electron chi connectivity index (χ4n) is 3.14. The van der Waals surface area contributed by atoms with Crippen LogP contribution in [0.2, 0.25) is 5.02 Å². The third kappa shape index (κ3) is 4.69. The molecule has 0 aliphatic heterocycles. The summed E-state index contributed by atoms with van der Waals surface area (Å²) in [6.07, 6.45) is 5.48. The quantitative estimate of drug-likeness (QED) is 0.379. The van der Waals surface area contributed by atoms with Crippen LogP contribution in [-0.2, 0) is 17.9 Å². The molecular weight excluding hydrogens is 368 g/mol. The molecule has 1 atom stereocenters. The molecule has 0 aliphatic rings. The van der Waals surface area contributed by atoms with Crippen molar-refractivity contribution in [3.05, 3.63) is 114 Å². The van der Waals surface area contributed by atoms with Crippen molar-refractivity contribution in [2.75, 3.05) is 0 Å². The Morgan fingerprint density at radius 2 is 1.57 bits per heavy atom. The van der Waals surface area contributed by atoms with Crippen molar-refractivity contribution in [3.8, 4) is 11.1 Å². The number of rotatable bonds is 7. The lowest BCUT2D eigenvalue weighted by atomic mass is 10.0. The summed E-state index contributed by atoms with van der Waals surface area (Å²) in [5, 5.41) is 0.732. The number of nitrogens with zero attached hydrogens (tertiary/aromatic N) is 2. The lowest BCUT2D eigenvalue weighted by molar-refractivity contribution is 0.0280. The van der Waals surface area contributed by atoms with Crippen LogP contribution in [-0.4, -0.2) is 9.55 Å². The molecule has 1 heterocycles. The van der Waals surface area contributed by atoms with Crippen LogP contribution in [0.5, 0.6) is 0 Å². The first-order valence-electron chi connectivity index (χ1n) is 9.25. The van der Waals surface area contributed by atoms with Crippen molar-refractivity contribution in [1.82, 2.24) is 9.55 Å². The van der Waals surface area contributed by atoms with Gasteiger partial charge in [0.15, 0.2) is 0 Å². The second-order valence-electron chi connectivity index (χ2n) is 6.67. The molecule has 1 unspecified atom stereocenters. The predicted molar refractivity (Wildman–Crippen MR) is 113 cm³/mol. The molecule has 0 N–H and O–H groups in total. The average molecular weight is 389 g/mol. The summed E-state index contributed by atoms with van der Waals surface area (Å²) in [4.78, 5) is 4.14. The van der Waals surface area contributed by atoms with Gasteiger partial charge in [-0.3, -0.25) is 0 Å². The average Bonchev–Trinajstić information content (AvgIpc) is 3.26. The molecule has 0 amide bonds. The first kappa shape index (κ1) is 18.5. The maximum atomic E-state index is 6.28. The monoisotopic (exact) mass is 388 g/mol. The van der Waals surface area contributed by atoms with Crippen molar-refractivity contribution >= 4 is 11.6 Å². The summed E-state index contributed by atoms with van der Waals surface area (Å²) >= 11 is 5.98. The van der Waals surface area contributed by atoms with Gasteiger partial charge in [-0.2, -0.15) is 0 Å². The van der Waals surface area contributed by atoms with E-state index in [0.717, 1.165) is 16.1 Å². The molecule has 0 aliphatic carbocycles. The van der Waals surface area contributed by atoms with Crippen LogP contribution in [0.1, 0.15) is 17.2 Å². The normalized spacial score (nSPS) is 12.0. The SMILES string of the molecule is Clc1ccc(COC(Cn2ccnc2)c2ccc(-c3ccccc3)cc2)cc1. The van der Waals surface area contributed by atoms with Gasteiger partial charge in [-0.15, -0.1) is 0 Å². The molecule has 3 aromatic carbocycles. The fourth-order valence-corrected chi connectivity index (χ4v) is 3.26. The molecule has 0 fully saturated rings. The molecular formula is C24H21ClN2O. The Balaban J connectivity index is 1.53. The van der Waals surface area contributed by atoms with E-state index in [2.05, 4.69) is 53.5 Å². The van der Waals surface area contributed by atoms with Crippen LogP contribution in [0.4, 0.5) is 0 Å². The van der Waals surface area contributed by atoms with Crippen LogP contribution in [0, 0.1) is 0 Å². The standard InChI is InChI=1S/C24H21ClN2O/c25-23-12-6-19(7-13-23)17-28-24(16-27-15-14-26-18-27)22-10-8-21(9-11-22)20-4-2-1-3-5-20/h1-15,18,24H,16-17H2. The van der Waals surface area contributed by atoms with Crippen molar-refractivity contribution in [1.29, 1.82) is 0 Å². The predicted octanol–water partition coefficient (Wildman–Crippen LogP) is 6.16. The number of aromatic nitrogens is 2. The Morgan fingerprint density at radius 1 is 0.857 bits per heavy atom. The molecule has 1 aromatic heterocycles. The Kier molecular flexibility index (Phi) is 5.86. The first-order chi connectivity index (χ1) is 13.8. The zero-order valence-corrected chi connectivity index (χ0v) is 16.2. The van der Waals surface area contributed by atoms with E-state index in [1.165, 1.54) is 11.1 Å². The first-order valence-corrected chi connectivity index (χ1v) is 9.63. The summed E-state index contributed by atoms with van der Waals surface area (Å²) in [7, 11) is 0. The summed E-state index contributed by atoms with van der Waals surface area (Å²) in [6, 6.07) is 26.7. The van der Waals surface area contributed by atoms with E-state index in [-0.39, 0.29) is 6.10 Å². The molecule has 0 saturated heterocycles. The molecule has 140 valence electrons. The van der Waals surface area contributed by atoms with E-state index < -0.39 is 0 Å². The molecule has 0 saturated carbocycles. The molecule has 0 radical (unpaired) electrons. The highest BCUT2D eigenvalue weighted by atomic mass is 35.5. The number of halogens is 1. The molecule has 0 spiro atoms. The lowest BCUT2D eigenvalue weighted by Crippen LogP contribution is -2.12. The molecule has 0 bridgehead atoms. The van der Waals surface area contributed by atoms with Gasteiger partial charge in [0.2, 0.25) is 0 Å². The number of ether oxygens (including phenoxy) is 1. The van der Waals surface area contributed by atoms with Gasteiger partial charge in [-0.05, 0) is 34.4 Å². The van der Waals surface area contributed by atoms with Gasteiger partial charge in [-0.25, -0.2) is 4.98 Å². The number of hydrogen-bond donors (Lipinski definition) is 0. The highest BCUT2D eigenvalue weighted by Gasteiger charge is 2.14. The second kappa shape index (κ2) is 8.87. The summed E-state index contributed by atoms with van der Waals surface area (Å²) in [5.74, 6) is 0. The molecule has 3 nitrogen and oxygen atoms in total. The van der Waals surface area contributed by atoms with Gasteiger partial charge in [-0.1, -0.05) is 78.3 Å². The van der Waals surface area contributed by atoms with Crippen LogP contribution >= 0.6 is 11.6 Å². The Bertz CT molecular complexity index is 981. The Labute approximate surface area is 170 Å². The topological polar surface area (TPSA) is 27.1 Å². The minimum Gasteiger partial charge on any atom is -0.367 e. The smallest absolute Gasteiger partial charge is 0.101 e. The van der Waals surface area contributed by atoms with E-state index in [0.29, 0.717) is 13.2 Å². The number of hydrogen-bond acceptors (Lipinski definition) is 2. The summed E-state index contributed by atoms with van der Waals surface area (Å²) < 4.78 is 8.32. The van der Waals surface area contributed by atoms with E-state index in [9.17, 15) is 0 Å². The number of imidazole rings is 1. The summed E-state index contributed by atoms with van der Waals surface area (Å²) in [6.45, 7) is 1.23. The van der Waals surface area contributed by atoms with E-state index >= 15 is 0 Å². The molecule has 4 heteroatoms. The van der Waals surface area contributed by atoms with Crippen molar-refractivity contribution in [2.45, 2.75) is 19.3 Å². The van der Waals surface area contributed by atoms with Gasteiger partial charge in [0, 0.05) is 17.4 Å². The van der Waals surface area contributed by atoms with Gasteiger partial charge >= 0.3 is 0 Å².